The molecule has 3 heterocycles. The molecule has 0 bridgehead atoms. The van der Waals surface area contributed by atoms with E-state index in [-0.39, 0.29) is 82.6 Å². The van der Waals surface area contributed by atoms with Crippen molar-refractivity contribution < 1.29 is 61.9 Å². The molecule has 13 rings (SSSR count). The maximum absolute atomic E-state index is 10.4. The average Bonchev–Trinajstić information content (AvgIpc) is 1.68. The van der Waals surface area contributed by atoms with Crippen molar-refractivity contribution in [1.29, 1.82) is 0 Å². The van der Waals surface area contributed by atoms with Gasteiger partial charge in [-0.3, -0.25) is 4.57 Å². The van der Waals surface area contributed by atoms with Gasteiger partial charge in [0.05, 0.1) is 48.2 Å². The number of rotatable bonds is 10. The van der Waals surface area contributed by atoms with E-state index >= 15 is 0 Å². The van der Waals surface area contributed by atoms with E-state index in [0.29, 0.717) is 16.9 Å². The third-order valence-corrected chi connectivity index (χ3v) is 13.5. The summed E-state index contributed by atoms with van der Waals surface area (Å²) < 4.78 is 222. The predicted molar refractivity (Wildman–Crippen MR) is 325 cm³/mol. The fourth-order valence-corrected chi connectivity index (χ4v) is 9.60. The first kappa shape index (κ1) is 31.6. The van der Waals surface area contributed by atoms with Gasteiger partial charge in [0.1, 0.15) is 5.82 Å². The second-order valence-corrected chi connectivity index (χ2v) is 20.7. The van der Waals surface area contributed by atoms with Gasteiger partial charge in [0.15, 0.2) is 0 Å². The SMILES string of the molecule is [2H]c1c([2H])c([2H])c(-c2ccc3c(c2)n(-c2[c-]c(Oc4[c-]c5c(cc4)c4ccccc4n5-c4cc(C(C)(C)C)ccn4)ccc2)[c-][n+]3-c2c(-c3c([2H])c([2H])c([2H])c([2H])c3[2H])cc(C(C)(C)C)cc2-c2c([2H])c(-c3c([2H])c([2H])c([2H])c([2H])c3[2H])c([2H])c(-c3c([2H])c([2H])c([2H])c([2H])c3[2H])c2[2H])c([2H])c1[2H].[Pt]. The van der Waals surface area contributed by atoms with Crippen LogP contribution in [0.15, 0.2) is 242 Å². The van der Waals surface area contributed by atoms with Crippen molar-refractivity contribution in [3.05, 3.63) is 272 Å². The Morgan fingerprint density at radius 3 is 1.70 bits per heavy atom. The molecule has 0 atom stereocenters. The van der Waals surface area contributed by atoms with Crippen molar-refractivity contribution in [1.82, 2.24) is 14.1 Å². The second kappa shape index (κ2) is 21.1. The van der Waals surface area contributed by atoms with Gasteiger partial charge in [-0.25, -0.2) is 4.98 Å². The summed E-state index contributed by atoms with van der Waals surface area (Å²) in [6, 6.07) is 16.3. The molecule has 13 aromatic rings. The number of aromatic nitrogens is 4. The summed E-state index contributed by atoms with van der Waals surface area (Å²) in [6.45, 7) is 11.7. The van der Waals surface area contributed by atoms with Crippen molar-refractivity contribution in [3.8, 4) is 84.3 Å². The van der Waals surface area contributed by atoms with Gasteiger partial charge in [-0.05, 0) is 131 Å². The largest absolute Gasteiger partial charge is 0.510 e. The summed E-state index contributed by atoms with van der Waals surface area (Å²) in [5.41, 5.74) is -2.79. The number of benzene rings is 10. The minimum atomic E-state index is -1.01. The van der Waals surface area contributed by atoms with Crippen LogP contribution >= 0.6 is 0 Å². The number of para-hydroxylation sites is 1. The monoisotopic (exact) mass is 1240 g/mol. The van der Waals surface area contributed by atoms with Crippen LogP contribution in [0.5, 0.6) is 11.5 Å². The normalized spacial score (nSPS) is 15.8. The average molecular weight is 1240 g/mol. The molecule has 0 radical (unpaired) electrons. The number of imidazole rings is 1. The fraction of sp³-hybridized carbons (Fsp3) is 0.108. The second-order valence-electron chi connectivity index (χ2n) is 20.7. The molecule has 5 nitrogen and oxygen atoms in total. The first-order valence-electron chi connectivity index (χ1n) is 36.7. The Kier molecular flexibility index (Phi) is 8.33. The fourth-order valence-electron chi connectivity index (χ4n) is 9.60. The predicted octanol–water partition coefficient (Wildman–Crippen LogP) is 18.5. The standard InChI is InChI=1S/C74H58N4O.Pt/c1-73(2,3)58-38-39-75-71(46-58)78-67-33-20-19-32-63(67)64-36-35-62(48-69(64)78)79-61-31-21-30-60(47-61)76-49-77(68-37-34-54(43-70(68)76)50-22-11-7-12-23-50)72-65(53-28-17-10-18-29-53)44-59(74(4,5)6)45-66(72)57-41-55(51-24-13-8-14-25-51)40-56(42-57)52-26-15-9-16-27-52;/h7-46H,1-6H3;/q-2;/i7D,8D,9D,10D,11D,12D,13D,14D,15D,16D,17D,18D,22D,23D,24D,25D,26D,27D,28D,29D,40D,41D,42D;. The number of nitrogens with zero attached hydrogens (tertiary/aromatic N) is 4. The van der Waals surface area contributed by atoms with Gasteiger partial charge < -0.3 is 13.9 Å². The molecule has 6 heteroatoms. The quantitative estimate of drug-likeness (QED) is 0.101. The van der Waals surface area contributed by atoms with Gasteiger partial charge >= 0.3 is 0 Å². The Morgan fingerprint density at radius 1 is 0.487 bits per heavy atom. The number of hydrogen-bond donors (Lipinski definition) is 0. The molecule has 392 valence electrons. The summed E-state index contributed by atoms with van der Waals surface area (Å²) in [5, 5.41) is 1.78. The molecule has 0 fully saturated rings. The van der Waals surface area contributed by atoms with Crippen molar-refractivity contribution in [2.75, 3.05) is 0 Å². The van der Waals surface area contributed by atoms with Crippen LogP contribution in [0.2, 0.25) is 0 Å². The molecule has 0 amide bonds. The zero-order chi connectivity index (χ0) is 73.8. The van der Waals surface area contributed by atoms with Crippen LogP contribution in [0.4, 0.5) is 0 Å². The minimum absolute atomic E-state index is 0. The molecule has 80 heavy (non-hydrogen) atoms. The molecular formula is C74H58N4OPt-2. The Labute approximate surface area is 515 Å². The molecule has 0 aliphatic rings. The Morgan fingerprint density at radius 2 is 1.06 bits per heavy atom. The van der Waals surface area contributed by atoms with E-state index in [1.54, 1.807) is 57.3 Å². The van der Waals surface area contributed by atoms with E-state index in [1.807, 2.05) is 47.0 Å². The van der Waals surface area contributed by atoms with Crippen LogP contribution < -0.4 is 9.30 Å². The number of hydrogen-bond acceptors (Lipinski definition) is 2. The number of fused-ring (bicyclic) bond motifs is 4. The zero-order valence-electron chi connectivity index (χ0n) is 66.8. The molecule has 10 aromatic carbocycles. The first-order valence-corrected chi connectivity index (χ1v) is 25.2. The van der Waals surface area contributed by atoms with Gasteiger partial charge in [-0.2, -0.15) is 18.2 Å². The maximum atomic E-state index is 10.4. The zero-order valence-corrected chi connectivity index (χ0v) is 46.1. The molecule has 0 N–H and O–H groups in total. The van der Waals surface area contributed by atoms with Crippen molar-refractivity contribution in [2.45, 2.75) is 52.4 Å². The van der Waals surface area contributed by atoms with Crippen LogP contribution in [0.25, 0.3) is 106 Å². The maximum Gasteiger partial charge on any atom is 0.268 e. The van der Waals surface area contributed by atoms with Crippen molar-refractivity contribution in [2.24, 2.45) is 0 Å². The third-order valence-electron chi connectivity index (χ3n) is 13.5. The topological polar surface area (TPSA) is 35.9 Å². The Balaban J connectivity index is 0.00001000. The number of ether oxygens (including phenoxy) is 1. The molecular weight excluding hydrogens is 1160 g/mol. The van der Waals surface area contributed by atoms with E-state index in [2.05, 4.69) is 39.2 Å². The van der Waals surface area contributed by atoms with Crippen molar-refractivity contribution >= 4 is 32.8 Å². The van der Waals surface area contributed by atoms with E-state index in [4.69, 9.17) is 28.9 Å². The minimum Gasteiger partial charge on any atom is -0.510 e. The molecule has 0 spiro atoms. The summed E-state index contributed by atoms with van der Waals surface area (Å²) in [5.74, 6) is 1.01. The van der Waals surface area contributed by atoms with Gasteiger partial charge in [-0.1, -0.05) is 210 Å². The third kappa shape index (κ3) is 9.88. The summed E-state index contributed by atoms with van der Waals surface area (Å²) in [6.07, 6.45) is 5.13. The van der Waals surface area contributed by atoms with Gasteiger partial charge in [0, 0.05) is 44.3 Å². The summed E-state index contributed by atoms with van der Waals surface area (Å²) in [7, 11) is 0. The van der Waals surface area contributed by atoms with E-state index < -0.39 is 178 Å². The molecule has 0 saturated heterocycles. The summed E-state index contributed by atoms with van der Waals surface area (Å²) in [4.78, 5) is 4.81. The molecule has 0 unspecified atom stereocenters. The molecule has 3 aromatic heterocycles. The van der Waals surface area contributed by atoms with Crippen LogP contribution in [0.1, 0.15) is 84.2 Å². The Hall–Kier alpha value is -8.89. The van der Waals surface area contributed by atoms with Gasteiger partial charge in [-0.15, -0.1) is 29.7 Å². The van der Waals surface area contributed by atoms with Gasteiger partial charge in [0.25, 0.3) is 6.33 Å². The van der Waals surface area contributed by atoms with E-state index in [0.717, 1.165) is 21.9 Å². The van der Waals surface area contributed by atoms with E-state index in [1.165, 1.54) is 33.4 Å². The van der Waals surface area contributed by atoms with Crippen molar-refractivity contribution in [3.63, 3.8) is 0 Å². The molecule has 0 saturated carbocycles. The summed E-state index contributed by atoms with van der Waals surface area (Å²) >= 11 is 0. The van der Waals surface area contributed by atoms with Crippen LogP contribution in [-0.2, 0) is 31.9 Å². The van der Waals surface area contributed by atoms with Gasteiger partial charge in [0.2, 0.25) is 0 Å². The van der Waals surface area contributed by atoms with E-state index in [9.17, 15) is 12.3 Å². The molecule has 0 aliphatic heterocycles. The van der Waals surface area contributed by atoms with Crippen LogP contribution in [-0.4, -0.2) is 14.1 Å². The van der Waals surface area contributed by atoms with Crippen LogP contribution in [0, 0.1) is 18.5 Å². The number of pyridine rings is 1. The first-order chi connectivity index (χ1) is 48.0. The smallest absolute Gasteiger partial charge is 0.268 e. The Bertz CT molecular complexity index is 5620. The molecule has 0 aliphatic carbocycles. The van der Waals surface area contributed by atoms with Crippen LogP contribution in [0.3, 0.4) is 0 Å².